The number of aliphatic hydroxyl groups is 2. The molecule has 0 radical (unpaired) electrons. The number of hydrogen-bond acceptors (Lipinski definition) is 3. The Bertz CT molecular complexity index is 616. The largest absolute Gasteiger partial charge is 0.512 e. The molecule has 0 aromatic heterocycles. The molecule has 132 valence electrons. The molecule has 0 fully saturated rings. The fraction of sp³-hybridized carbons (Fsp3) is 0.450. The quantitative estimate of drug-likeness (QED) is 0.500. The monoisotopic (exact) mass is 332 g/mol. The third-order valence-corrected chi connectivity index (χ3v) is 4.40. The van der Waals surface area contributed by atoms with E-state index in [-0.39, 0.29) is 17.9 Å². The zero-order chi connectivity index (χ0) is 18.3. The predicted molar refractivity (Wildman–Crippen MR) is 96.7 cm³/mol. The van der Waals surface area contributed by atoms with Crippen molar-refractivity contribution >= 4 is 5.97 Å². The van der Waals surface area contributed by atoms with Crippen LogP contribution in [0.15, 0.2) is 58.9 Å². The topological polar surface area (TPSA) is 77.8 Å². The van der Waals surface area contributed by atoms with Crippen LogP contribution in [0.5, 0.6) is 0 Å². The van der Waals surface area contributed by atoms with Crippen LogP contribution in [0.4, 0.5) is 0 Å². The summed E-state index contributed by atoms with van der Waals surface area (Å²) >= 11 is 0. The van der Waals surface area contributed by atoms with Crippen molar-refractivity contribution in [2.24, 2.45) is 11.3 Å². The molecule has 0 aromatic carbocycles. The van der Waals surface area contributed by atoms with E-state index in [1.807, 2.05) is 32.9 Å². The van der Waals surface area contributed by atoms with Crippen LogP contribution in [0.3, 0.4) is 0 Å². The first kappa shape index (κ1) is 20.0. The maximum Gasteiger partial charge on any atom is 0.328 e. The number of aliphatic hydroxyl groups excluding tert-OH is 2. The number of allylic oxidation sites excluding steroid dienone is 7. The molecule has 0 saturated carbocycles. The molecule has 1 atom stereocenters. The Kier molecular flexibility index (Phi) is 7.23. The summed E-state index contributed by atoms with van der Waals surface area (Å²) in [5, 5.41) is 28.4. The molecule has 3 N–H and O–H groups in total. The maximum atomic E-state index is 10.5. The molecule has 24 heavy (non-hydrogen) atoms. The smallest absolute Gasteiger partial charge is 0.328 e. The van der Waals surface area contributed by atoms with Gasteiger partial charge in [-0.3, -0.25) is 0 Å². The SMILES string of the molecule is CC1=C(O)C(C)(C)CCC1/C=C/C(=C/C=C/C(C)=C/C(=O)O)CO. The van der Waals surface area contributed by atoms with Gasteiger partial charge in [-0.2, -0.15) is 0 Å². The molecule has 1 unspecified atom stereocenters. The molecule has 0 saturated heterocycles. The van der Waals surface area contributed by atoms with Gasteiger partial charge >= 0.3 is 5.97 Å². The van der Waals surface area contributed by atoms with Crippen molar-refractivity contribution in [3.63, 3.8) is 0 Å². The summed E-state index contributed by atoms with van der Waals surface area (Å²) in [6, 6.07) is 0. The number of hydrogen-bond donors (Lipinski definition) is 3. The lowest BCUT2D eigenvalue weighted by Gasteiger charge is -2.34. The number of aliphatic carboxylic acids is 1. The van der Waals surface area contributed by atoms with Crippen LogP contribution >= 0.6 is 0 Å². The van der Waals surface area contributed by atoms with Crippen LogP contribution in [0.1, 0.15) is 40.5 Å². The van der Waals surface area contributed by atoms with Gasteiger partial charge in [0.05, 0.1) is 12.4 Å². The zero-order valence-corrected chi connectivity index (χ0v) is 14.9. The van der Waals surface area contributed by atoms with Gasteiger partial charge in [-0.1, -0.05) is 44.2 Å². The summed E-state index contributed by atoms with van der Waals surface area (Å²) in [7, 11) is 0. The number of carbonyl (C=O) groups is 1. The fourth-order valence-electron chi connectivity index (χ4n) is 2.77. The molecule has 1 aliphatic carbocycles. The second-order valence-electron chi connectivity index (χ2n) is 6.91. The highest BCUT2D eigenvalue weighted by atomic mass is 16.4. The Balaban J connectivity index is 2.84. The van der Waals surface area contributed by atoms with Crippen molar-refractivity contribution in [3.8, 4) is 0 Å². The zero-order valence-electron chi connectivity index (χ0n) is 14.9. The van der Waals surface area contributed by atoms with E-state index in [2.05, 4.69) is 0 Å². The molecule has 4 heteroatoms. The third kappa shape index (κ3) is 5.85. The lowest BCUT2D eigenvalue weighted by molar-refractivity contribution is -0.131. The molecule has 0 heterocycles. The molecular formula is C20H28O4. The predicted octanol–water partition coefficient (Wildman–Crippen LogP) is 4.32. The van der Waals surface area contributed by atoms with E-state index >= 15 is 0 Å². The molecule has 0 aromatic rings. The lowest BCUT2D eigenvalue weighted by Crippen LogP contribution is -2.24. The van der Waals surface area contributed by atoms with Crippen LogP contribution < -0.4 is 0 Å². The van der Waals surface area contributed by atoms with Crippen LogP contribution in [-0.4, -0.2) is 27.9 Å². The Morgan fingerprint density at radius 2 is 2.00 bits per heavy atom. The third-order valence-electron chi connectivity index (χ3n) is 4.40. The number of carboxylic acid groups (broad SMARTS) is 1. The van der Waals surface area contributed by atoms with Gasteiger partial charge in [-0.25, -0.2) is 4.79 Å². The van der Waals surface area contributed by atoms with Crippen molar-refractivity contribution < 1.29 is 20.1 Å². The van der Waals surface area contributed by atoms with E-state index in [0.717, 1.165) is 30.1 Å². The Labute approximate surface area is 144 Å². The minimum atomic E-state index is -0.981. The van der Waals surface area contributed by atoms with Crippen LogP contribution in [0.2, 0.25) is 0 Å². The van der Waals surface area contributed by atoms with Crippen LogP contribution in [0, 0.1) is 11.3 Å². The highest BCUT2D eigenvalue weighted by molar-refractivity contribution is 5.81. The van der Waals surface area contributed by atoms with E-state index in [1.165, 1.54) is 0 Å². The van der Waals surface area contributed by atoms with Crippen molar-refractivity contribution in [1.82, 2.24) is 0 Å². The van der Waals surface area contributed by atoms with E-state index in [1.54, 1.807) is 25.2 Å². The average Bonchev–Trinajstić information content (AvgIpc) is 2.49. The van der Waals surface area contributed by atoms with Crippen molar-refractivity contribution in [2.45, 2.75) is 40.5 Å². The Morgan fingerprint density at radius 1 is 1.33 bits per heavy atom. The van der Waals surface area contributed by atoms with Gasteiger partial charge in [-0.05, 0) is 43.4 Å². The fourth-order valence-corrected chi connectivity index (χ4v) is 2.77. The summed E-state index contributed by atoms with van der Waals surface area (Å²) < 4.78 is 0. The molecule has 0 bridgehead atoms. The van der Waals surface area contributed by atoms with Crippen molar-refractivity contribution in [3.05, 3.63) is 58.9 Å². The number of rotatable bonds is 6. The van der Waals surface area contributed by atoms with Gasteiger partial charge in [-0.15, -0.1) is 0 Å². The highest BCUT2D eigenvalue weighted by Gasteiger charge is 2.32. The summed E-state index contributed by atoms with van der Waals surface area (Å²) in [4.78, 5) is 10.5. The van der Waals surface area contributed by atoms with E-state index < -0.39 is 5.97 Å². The normalized spacial score (nSPS) is 22.6. The molecule has 0 amide bonds. The minimum Gasteiger partial charge on any atom is -0.512 e. The van der Waals surface area contributed by atoms with Gasteiger partial charge in [0.1, 0.15) is 0 Å². The van der Waals surface area contributed by atoms with Gasteiger partial charge in [0, 0.05) is 17.4 Å². The first-order valence-electron chi connectivity index (χ1n) is 8.15. The first-order chi connectivity index (χ1) is 11.2. The molecule has 1 aliphatic rings. The van der Waals surface area contributed by atoms with E-state index in [0.29, 0.717) is 11.3 Å². The second kappa shape index (κ2) is 8.69. The molecule has 0 spiro atoms. The van der Waals surface area contributed by atoms with Gasteiger partial charge in [0.2, 0.25) is 0 Å². The molecule has 1 rings (SSSR count). The summed E-state index contributed by atoms with van der Waals surface area (Å²) in [6.45, 7) is 7.64. The minimum absolute atomic E-state index is 0.102. The molecule has 0 aliphatic heterocycles. The summed E-state index contributed by atoms with van der Waals surface area (Å²) in [5.74, 6) is -0.344. The van der Waals surface area contributed by atoms with Crippen molar-refractivity contribution in [2.75, 3.05) is 6.61 Å². The Morgan fingerprint density at radius 3 is 2.58 bits per heavy atom. The lowest BCUT2D eigenvalue weighted by atomic mass is 9.73. The second-order valence-corrected chi connectivity index (χ2v) is 6.91. The van der Waals surface area contributed by atoms with Gasteiger partial charge in [0.15, 0.2) is 0 Å². The van der Waals surface area contributed by atoms with E-state index in [4.69, 9.17) is 5.11 Å². The maximum absolute atomic E-state index is 10.5. The average molecular weight is 332 g/mol. The van der Waals surface area contributed by atoms with Crippen LogP contribution in [-0.2, 0) is 4.79 Å². The van der Waals surface area contributed by atoms with Gasteiger partial charge < -0.3 is 15.3 Å². The summed E-state index contributed by atoms with van der Waals surface area (Å²) in [6.07, 6.45) is 12.0. The standard InChI is InChI=1S/C20H28O4/c1-14(12-18(22)23)6-5-7-16(13-21)8-9-17-10-11-20(3,4)19(24)15(17)2/h5-9,12,17,21,24H,10-11,13H2,1-4H3,(H,22,23)/b6-5+,9-8+,14-12+,16-7-. The highest BCUT2D eigenvalue weighted by Crippen LogP contribution is 2.41. The van der Waals surface area contributed by atoms with Crippen LogP contribution in [0.25, 0.3) is 0 Å². The molecular weight excluding hydrogens is 304 g/mol. The first-order valence-corrected chi connectivity index (χ1v) is 8.15. The van der Waals surface area contributed by atoms with E-state index in [9.17, 15) is 15.0 Å². The summed E-state index contributed by atoms with van der Waals surface area (Å²) in [5.41, 5.74) is 2.17. The van der Waals surface area contributed by atoms with Gasteiger partial charge in [0.25, 0.3) is 0 Å². The Hall–Kier alpha value is -2.07. The van der Waals surface area contributed by atoms with Crippen molar-refractivity contribution in [1.29, 1.82) is 0 Å². The molecule has 4 nitrogen and oxygen atoms in total. The number of carboxylic acids is 1.